The average molecular weight is 238 g/mol. The molecule has 0 nitrogen and oxygen atoms in total. The van der Waals surface area contributed by atoms with Crippen LogP contribution >= 0.6 is 0 Å². The predicted octanol–water partition coefficient (Wildman–Crippen LogP) is 2.39. The molecule has 0 spiro atoms. The van der Waals surface area contributed by atoms with Crippen LogP contribution in [0.3, 0.4) is 0 Å². The van der Waals surface area contributed by atoms with Gasteiger partial charge in [-0.05, 0) is 0 Å². The zero-order valence-corrected chi connectivity index (χ0v) is 6.02. The van der Waals surface area contributed by atoms with E-state index in [9.17, 15) is 35.1 Å². The van der Waals surface area contributed by atoms with E-state index in [0.717, 1.165) is 0 Å². The molecule has 0 aromatic carbocycles. The molecule has 0 aromatic heterocycles. The Balaban J connectivity index is 0.00000196. The molecule has 0 bridgehead atoms. The summed E-state index contributed by atoms with van der Waals surface area (Å²) in [7, 11) is 0. The summed E-state index contributed by atoms with van der Waals surface area (Å²) in [5.41, 5.74) is 0. The Labute approximate surface area is 79.8 Å². The molecule has 1 rings (SSSR count). The summed E-state index contributed by atoms with van der Waals surface area (Å²) in [4.78, 5) is 0. The van der Waals surface area contributed by atoms with E-state index in [2.05, 4.69) is 0 Å². The Bertz CT molecular complexity index is 307. The quantitative estimate of drug-likeness (QED) is 0.449. The molecule has 0 heterocycles. The lowest BCUT2D eigenvalue weighted by Crippen LogP contribution is -2.44. The topological polar surface area (TPSA) is 0 Å². The fourth-order valence-corrected chi connectivity index (χ4v) is 0.744. The Morgan fingerprint density at radius 1 is 0.600 bits per heavy atom. The van der Waals surface area contributed by atoms with Gasteiger partial charge in [-0.3, -0.25) is 0 Å². The lowest BCUT2D eigenvalue weighted by molar-refractivity contribution is -0.186. The summed E-state index contributed by atoms with van der Waals surface area (Å²) in [5, 5.41) is 0. The standard InChI is InChI=1S/C6F8.BH3/c7-1-2(8)4(10)6(13,14)5(11,12)3(1)9;/h;1H3. The highest BCUT2D eigenvalue weighted by Gasteiger charge is 2.68. The Kier molecular flexibility index (Phi) is 3.29. The molecule has 1 aliphatic carbocycles. The van der Waals surface area contributed by atoms with Crippen LogP contribution in [-0.4, -0.2) is 20.3 Å². The molecule has 0 saturated heterocycles. The number of hydrogen-bond donors (Lipinski definition) is 0. The number of allylic oxidation sites excluding steroid dienone is 4. The first kappa shape index (κ1) is 14.0. The maximum absolute atomic E-state index is 12.2. The smallest absolute Gasteiger partial charge is 0.201 e. The Morgan fingerprint density at radius 3 is 1.00 bits per heavy atom. The second kappa shape index (κ2) is 3.53. The summed E-state index contributed by atoms with van der Waals surface area (Å²) < 4.78 is 97.1. The van der Waals surface area contributed by atoms with Crippen LogP contribution in [0.15, 0.2) is 23.3 Å². The molecule has 0 saturated carbocycles. The zero-order valence-electron chi connectivity index (χ0n) is 6.02. The van der Waals surface area contributed by atoms with Gasteiger partial charge in [-0.15, -0.1) is 0 Å². The van der Waals surface area contributed by atoms with Crippen LogP contribution < -0.4 is 0 Å². The average Bonchev–Trinajstić information content (AvgIpc) is 2.10. The molecular formula is C6H3BF8. The second-order valence-electron chi connectivity index (χ2n) is 2.40. The molecular weight excluding hydrogens is 235 g/mol. The van der Waals surface area contributed by atoms with E-state index in [4.69, 9.17) is 0 Å². The van der Waals surface area contributed by atoms with E-state index in [-0.39, 0.29) is 8.41 Å². The van der Waals surface area contributed by atoms with E-state index >= 15 is 0 Å². The van der Waals surface area contributed by atoms with Crippen LogP contribution in [0, 0.1) is 0 Å². The van der Waals surface area contributed by atoms with E-state index in [1.54, 1.807) is 0 Å². The summed E-state index contributed by atoms with van der Waals surface area (Å²) >= 11 is 0. The third-order valence-corrected chi connectivity index (χ3v) is 1.52. The molecule has 0 radical (unpaired) electrons. The minimum Gasteiger partial charge on any atom is -0.201 e. The van der Waals surface area contributed by atoms with Crippen molar-refractivity contribution < 1.29 is 35.1 Å². The minimum atomic E-state index is -5.71. The van der Waals surface area contributed by atoms with Crippen molar-refractivity contribution in [3.8, 4) is 0 Å². The predicted molar refractivity (Wildman–Crippen MR) is 38.3 cm³/mol. The summed E-state index contributed by atoms with van der Waals surface area (Å²) in [6.07, 6.45) is 0. The van der Waals surface area contributed by atoms with E-state index in [1.807, 2.05) is 0 Å². The SMILES string of the molecule is B.FC1=C(F)C(F)(F)C(F)(F)C(F)=C1F. The molecule has 0 atom stereocenters. The highest BCUT2D eigenvalue weighted by atomic mass is 19.3. The monoisotopic (exact) mass is 238 g/mol. The number of halogens is 8. The van der Waals surface area contributed by atoms with Crippen molar-refractivity contribution in [2.45, 2.75) is 11.8 Å². The lowest BCUT2D eigenvalue weighted by atomic mass is 10.0. The van der Waals surface area contributed by atoms with E-state index < -0.39 is 35.2 Å². The van der Waals surface area contributed by atoms with Gasteiger partial charge >= 0.3 is 11.8 Å². The minimum absolute atomic E-state index is 0. The summed E-state index contributed by atoms with van der Waals surface area (Å²) in [6.45, 7) is 0. The van der Waals surface area contributed by atoms with Crippen molar-refractivity contribution in [1.29, 1.82) is 0 Å². The van der Waals surface area contributed by atoms with E-state index in [1.165, 1.54) is 0 Å². The van der Waals surface area contributed by atoms with Crippen LogP contribution in [0.5, 0.6) is 0 Å². The van der Waals surface area contributed by atoms with Crippen LogP contribution in [0.2, 0.25) is 0 Å². The van der Waals surface area contributed by atoms with Crippen molar-refractivity contribution in [1.82, 2.24) is 0 Å². The summed E-state index contributed by atoms with van der Waals surface area (Å²) in [5.74, 6) is -24.0. The fraction of sp³-hybridized carbons (Fsp3) is 0.333. The van der Waals surface area contributed by atoms with Crippen LogP contribution in [0.1, 0.15) is 0 Å². The van der Waals surface area contributed by atoms with Crippen molar-refractivity contribution >= 4 is 8.41 Å². The first-order chi connectivity index (χ1) is 6.14. The largest absolute Gasteiger partial charge is 0.370 e. The highest BCUT2D eigenvalue weighted by molar-refractivity contribution is 5.75. The van der Waals surface area contributed by atoms with E-state index in [0.29, 0.717) is 0 Å². The van der Waals surface area contributed by atoms with Gasteiger partial charge in [0, 0.05) is 0 Å². The molecule has 0 unspecified atom stereocenters. The van der Waals surface area contributed by atoms with Gasteiger partial charge in [0.15, 0.2) is 11.7 Å². The molecule has 86 valence electrons. The van der Waals surface area contributed by atoms with Gasteiger partial charge in [0.25, 0.3) is 0 Å². The number of hydrogen-bond acceptors (Lipinski definition) is 0. The first-order valence-corrected chi connectivity index (χ1v) is 3.01. The van der Waals surface area contributed by atoms with Crippen molar-refractivity contribution in [3.63, 3.8) is 0 Å². The van der Waals surface area contributed by atoms with Crippen LogP contribution in [-0.2, 0) is 0 Å². The van der Waals surface area contributed by atoms with Crippen LogP contribution in [0.4, 0.5) is 35.1 Å². The molecule has 0 amide bonds. The molecule has 0 aliphatic heterocycles. The first-order valence-electron chi connectivity index (χ1n) is 3.01. The lowest BCUT2D eigenvalue weighted by Gasteiger charge is -2.26. The second-order valence-corrected chi connectivity index (χ2v) is 2.40. The van der Waals surface area contributed by atoms with Crippen molar-refractivity contribution in [2.24, 2.45) is 0 Å². The molecule has 9 heteroatoms. The van der Waals surface area contributed by atoms with Gasteiger partial charge in [-0.25, -0.2) is 17.6 Å². The van der Waals surface area contributed by atoms with Gasteiger partial charge in [0.1, 0.15) is 0 Å². The fourth-order valence-electron chi connectivity index (χ4n) is 0.744. The van der Waals surface area contributed by atoms with Gasteiger partial charge in [-0.2, -0.15) is 17.6 Å². The molecule has 1 aliphatic rings. The maximum atomic E-state index is 12.2. The molecule has 0 fully saturated rings. The summed E-state index contributed by atoms with van der Waals surface area (Å²) in [6, 6.07) is 0. The number of alkyl halides is 4. The van der Waals surface area contributed by atoms with Crippen molar-refractivity contribution in [2.75, 3.05) is 0 Å². The Morgan fingerprint density at radius 2 is 0.800 bits per heavy atom. The maximum Gasteiger partial charge on any atom is 0.370 e. The van der Waals surface area contributed by atoms with Gasteiger partial charge < -0.3 is 0 Å². The molecule has 0 N–H and O–H groups in total. The third-order valence-electron chi connectivity index (χ3n) is 1.52. The van der Waals surface area contributed by atoms with Crippen LogP contribution in [0.25, 0.3) is 0 Å². The Hall–Kier alpha value is -1.02. The molecule has 15 heavy (non-hydrogen) atoms. The highest BCUT2D eigenvalue weighted by Crippen LogP contribution is 2.52. The van der Waals surface area contributed by atoms with Gasteiger partial charge in [0.05, 0.1) is 8.41 Å². The van der Waals surface area contributed by atoms with Gasteiger partial charge in [0.2, 0.25) is 11.7 Å². The third kappa shape index (κ3) is 1.53. The van der Waals surface area contributed by atoms with Crippen molar-refractivity contribution in [3.05, 3.63) is 23.3 Å². The molecule has 0 aromatic rings. The normalized spacial score (nSPS) is 24.0. The zero-order chi connectivity index (χ0) is 11.3. The number of rotatable bonds is 0. The van der Waals surface area contributed by atoms with Gasteiger partial charge in [-0.1, -0.05) is 0 Å².